The second-order valence-corrected chi connectivity index (χ2v) is 5.94. The van der Waals surface area contributed by atoms with E-state index in [9.17, 15) is 13.6 Å². The van der Waals surface area contributed by atoms with Crippen molar-refractivity contribution in [1.82, 2.24) is 0 Å². The SMILES string of the molecule is CCCC[As]c1cc(F)c(F)cc1C(=O)O. The number of hydrogen-bond donors (Lipinski definition) is 1. The third-order valence-electron chi connectivity index (χ3n) is 2.06. The first-order valence-electron chi connectivity index (χ1n) is 4.96. The van der Waals surface area contributed by atoms with E-state index in [0.717, 1.165) is 30.2 Å². The fourth-order valence-electron chi connectivity index (χ4n) is 1.20. The summed E-state index contributed by atoms with van der Waals surface area (Å²) in [6, 6.07) is 1.79. The maximum absolute atomic E-state index is 13.0. The van der Waals surface area contributed by atoms with Crippen molar-refractivity contribution in [2.24, 2.45) is 0 Å². The molecular weight excluding hydrogens is 277 g/mol. The molecule has 1 radical (unpaired) electrons. The number of halogens is 2. The molecule has 0 aromatic heterocycles. The monoisotopic (exact) mass is 289 g/mol. The van der Waals surface area contributed by atoms with Gasteiger partial charge in [0.2, 0.25) is 0 Å². The van der Waals surface area contributed by atoms with Crippen LogP contribution in [0.4, 0.5) is 8.78 Å². The van der Waals surface area contributed by atoms with Crippen LogP contribution in [0.2, 0.25) is 5.21 Å². The van der Waals surface area contributed by atoms with Gasteiger partial charge >= 0.3 is 99.1 Å². The van der Waals surface area contributed by atoms with E-state index in [4.69, 9.17) is 5.11 Å². The molecule has 0 heterocycles. The summed E-state index contributed by atoms with van der Waals surface area (Å²) in [6.07, 6.45) is 2.00. The number of rotatable bonds is 5. The molecule has 1 N–H and O–H groups in total. The van der Waals surface area contributed by atoms with Crippen LogP contribution in [0, 0.1) is 11.6 Å². The average molecular weight is 289 g/mol. The van der Waals surface area contributed by atoms with Gasteiger partial charge in [-0.2, -0.15) is 0 Å². The summed E-state index contributed by atoms with van der Waals surface area (Å²) >= 11 is -0.402. The van der Waals surface area contributed by atoms with E-state index in [2.05, 4.69) is 0 Å². The Hall–Kier alpha value is -0.892. The van der Waals surface area contributed by atoms with Gasteiger partial charge in [0.05, 0.1) is 0 Å². The summed E-state index contributed by atoms with van der Waals surface area (Å²) < 4.78 is 26.3. The third kappa shape index (κ3) is 3.31. The number of benzene rings is 1. The average Bonchev–Trinajstić information content (AvgIpc) is 2.23. The van der Waals surface area contributed by atoms with Crippen molar-refractivity contribution >= 4 is 26.1 Å². The molecule has 0 aliphatic heterocycles. The van der Waals surface area contributed by atoms with Gasteiger partial charge in [-0.25, -0.2) is 0 Å². The number of carboxylic acids is 1. The van der Waals surface area contributed by atoms with Crippen LogP contribution >= 0.6 is 0 Å². The molecule has 0 aliphatic carbocycles. The van der Waals surface area contributed by atoms with Crippen molar-refractivity contribution in [3.8, 4) is 0 Å². The zero-order valence-corrected chi connectivity index (χ0v) is 10.7. The predicted octanol–water partition coefficient (Wildman–Crippen LogP) is 2.21. The minimum atomic E-state index is -1.19. The second kappa shape index (κ2) is 6.00. The van der Waals surface area contributed by atoms with Crippen LogP contribution < -0.4 is 4.35 Å². The predicted molar refractivity (Wildman–Crippen MR) is 58.4 cm³/mol. The number of hydrogen-bond acceptors (Lipinski definition) is 1. The molecule has 0 unspecified atom stereocenters. The summed E-state index contributed by atoms with van der Waals surface area (Å²) in [5.41, 5.74) is -0.102. The first-order valence-corrected chi connectivity index (χ1v) is 7.22. The van der Waals surface area contributed by atoms with Gasteiger partial charge in [-0.3, -0.25) is 0 Å². The Morgan fingerprint density at radius 3 is 2.56 bits per heavy atom. The summed E-state index contributed by atoms with van der Waals surface area (Å²) in [5.74, 6) is -3.26. The van der Waals surface area contributed by atoms with Crippen LogP contribution in [0.5, 0.6) is 0 Å². The third-order valence-corrected chi connectivity index (χ3v) is 4.69. The van der Waals surface area contributed by atoms with Crippen molar-refractivity contribution in [2.45, 2.75) is 25.0 Å². The summed E-state index contributed by atoms with van der Waals surface area (Å²) in [6.45, 7) is 2.03. The number of unbranched alkanes of at least 4 members (excludes halogenated alkanes) is 1. The number of aromatic carboxylic acids is 1. The van der Waals surface area contributed by atoms with Crippen LogP contribution in [0.15, 0.2) is 12.1 Å². The fourth-order valence-corrected chi connectivity index (χ4v) is 3.82. The van der Waals surface area contributed by atoms with E-state index in [1.807, 2.05) is 6.92 Å². The van der Waals surface area contributed by atoms with Crippen molar-refractivity contribution in [3.63, 3.8) is 0 Å². The van der Waals surface area contributed by atoms with Gasteiger partial charge in [0.15, 0.2) is 0 Å². The van der Waals surface area contributed by atoms with E-state index < -0.39 is 33.4 Å². The molecule has 1 rings (SSSR count). The molecule has 0 bridgehead atoms. The molecule has 0 aliphatic rings. The molecule has 0 fully saturated rings. The second-order valence-electron chi connectivity index (χ2n) is 3.32. The number of carboxylic acid groups (broad SMARTS) is 1. The Bertz CT molecular complexity index is 394. The van der Waals surface area contributed by atoms with E-state index in [1.165, 1.54) is 0 Å². The van der Waals surface area contributed by atoms with Crippen LogP contribution in [-0.2, 0) is 0 Å². The van der Waals surface area contributed by atoms with E-state index in [0.29, 0.717) is 4.35 Å². The topological polar surface area (TPSA) is 37.3 Å². The van der Waals surface area contributed by atoms with Gasteiger partial charge < -0.3 is 0 Å². The molecular formula is C11H12AsF2O2. The Balaban J connectivity index is 2.95. The van der Waals surface area contributed by atoms with Crippen molar-refractivity contribution in [1.29, 1.82) is 0 Å². The van der Waals surface area contributed by atoms with Gasteiger partial charge in [0, 0.05) is 0 Å². The van der Waals surface area contributed by atoms with Gasteiger partial charge in [0.25, 0.3) is 0 Å². The fraction of sp³-hybridized carbons (Fsp3) is 0.364. The minimum absolute atomic E-state index is 0.102. The Kier molecular flexibility index (Phi) is 4.94. The summed E-state index contributed by atoms with van der Waals surface area (Å²) in [5, 5.41) is 9.74. The Labute approximate surface area is 99.4 Å². The van der Waals surface area contributed by atoms with Gasteiger partial charge in [-0.05, 0) is 0 Å². The zero-order valence-electron chi connectivity index (χ0n) is 8.83. The van der Waals surface area contributed by atoms with Crippen molar-refractivity contribution < 1.29 is 18.7 Å². The molecule has 2 nitrogen and oxygen atoms in total. The summed E-state index contributed by atoms with van der Waals surface area (Å²) in [7, 11) is 0. The van der Waals surface area contributed by atoms with E-state index >= 15 is 0 Å². The van der Waals surface area contributed by atoms with Crippen LogP contribution in [0.1, 0.15) is 30.1 Å². The maximum atomic E-state index is 13.0. The molecule has 1 aromatic rings. The Morgan fingerprint density at radius 2 is 2.00 bits per heavy atom. The van der Waals surface area contributed by atoms with E-state index in [1.54, 1.807) is 0 Å². The number of carbonyl (C=O) groups is 1. The quantitative estimate of drug-likeness (QED) is 0.666. The Morgan fingerprint density at radius 1 is 1.38 bits per heavy atom. The molecule has 0 spiro atoms. The van der Waals surface area contributed by atoms with Crippen LogP contribution in [0.25, 0.3) is 0 Å². The molecule has 0 saturated heterocycles. The normalized spacial score (nSPS) is 11.2. The molecule has 0 amide bonds. The first kappa shape index (κ1) is 13.2. The molecule has 1 aromatic carbocycles. The van der Waals surface area contributed by atoms with Gasteiger partial charge in [-0.1, -0.05) is 0 Å². The molecule has 0 atom stereocenters. The van der Waals surface area contributed by atoms with Crippen LogP contribution in [0.3, 0.4) is 0 Å². The van der Waals surface area contributed by atoms with Gasteiger partial charge in [0.1, 0.15) is 0 Å². The molecule has 87 valence electrons. The standard InChI is InChI=1S/C11H12AsF2O2/c1-2-3-4-12-8-6-10(14)9(13)5-7(8)11(15)16/h5-6H,2-4H2,1H3,(H,15,16). The zero-order chi connectivity index (χ0) is 12.1. The van der Waals surface area contributed by atoms with Gasteiger partial charge in [-0.15, -0.1) is 0 Å². The molecule has 16 heavy (non-hydrogen) atoms. The van der Waals surface area contributed by atoms with Crippen LogP contribution in [-0.4, -0.2) is 26.8 Å². The first-order chi connectivity index (χ1) is 7.56. The molecule has 0 saturated carbocycles. The van der Waals surface area contributed by atoms with Crippen molar-refractivity contribution in [3.05, 3.63) is 29.3 Å². The summed E-state index contributed by atoms with van der Waals surface area (Å²) in [4.78, 5) is 10.8. The van der Waals surface area contributed by atoms with E-state index in [-0.39, 0.29) is 5.56 Å². The molecule has 5 heteroatoms. The van der Waals surface area contributed by atoms with Crippen molar-refractivity contribution in [2.75, 3.05) is 0 Å².